The maximum Gasteiger partial charge on any atom is 0.137 e. The highest BCUT2D eigenvalue weighted by Gasteiger charge is 2.20. The van der Waals surface area contributed by atoms with Crippen LogP contribution in [0.15, 0.2) is 54.7 Å². The number of nitrogens with one attached hydrogen (secondary N) is 1. The number of rotatable bonds is 5. The van der Waals surface area contributed by atoms with Crippen molar-refractivity contribution >= 4 is 5.65 Å². The van der Waals surface area contributed by atoms with Gasteiger partial charge in [0, 0.05) is 48.3 Å². The number of pyridine rings is 1. The molecule has 0 unspecified atom stereocenters. The van der Waals surface area contributed by atoms with Crippen molar-refractivity contribution in [2.24, 2.45) is 0 Å². The second-order valence-corrected chi connectivity index (χ2v) is 8.77. The highest BCUT2D eigenvalue weighted by molar-refractivity contribution is 5.69. The predicted octanol–water partition coefficient (Wildman–Crippen LogP) is 4.45. The lowest BCUT2D eigenvalue weighted by atomic mass is 10.1. The molecule has 1 saturated heterocycles. The predicted molar refractivity (Wildman–Crippen MR) is 129 cm³/mol. The third-order valence-electron chi connectivity index (χ3n) is 6.41. The first-order valence-corrected chi connectivity index (χ1v) is 11.3. The third kappa shape index (κ3) is 4.16. The van der Waals surface area contributed by atoms with E-state index in [1.165, 1.54) is 23.4 Å². The molecule has 1 aromatic carbocycles. The minimum atomic E-state index is 0.860. The van der Waals surface area contributed by atoms with Gasteiger partial charge in [0.05, 0.1) is 18.5 Å². The van der Waals surface area contributed by atoms with Crippen molar-refractivity contribution in [1.29, 1.82) is 0 Å². The lowest BCUT2D eigenvalue weighted by Gasteiger charge is -2.20. The van der Waals surface area contributed by atoms with Gasteiger partial charge in [0.15, 0.2) is 0 Å². The van der Waals surface area contributed by atoms with E-state index in [0.717, 1.165) is 61.1 Å². The summed E-state index contributed by atoms with van der Waals surface area (Å²) in [4.78, 5) is 13.5. The first kappa shape index (κ1) is 20.8. The van der Waals surface area contributed by atoms with Gasteiger partial charge in [-0.05, 0) is 82.0 Å². The summed E-state index contributed by atoms with van der Waals surface area (Å²) in [6.45, 7) is 7.40. The number of aromatic amines is 1. The normalized spacial score (nSPS) is 15.8. The van der Waals surface area contributed by atoms with Crippen LogP contribution in [0.4, 0.5) is 0 Å². The number of nitrogens with zero attached hydrogens (tertiary/aromatic N) is 4. The number of fused-ring (bicyclic) bond motifs is 1. The molecule has 0 spiro atoms. The minimum Gasteiger partial charge on any atom is -0.497 e. The zero-order chi connectivity index (χ0) is 22.1. The van der Waals surface area contributed by atoms with Crippen LogP contribution in [0.2, 0.25) is 0 Å². The third-order valence-corrected chi connectivity index (χ3v) is 6.41. The molecule has 3 aromatic heterocycles. The first-order valence-electron chi connectivity index (χ1n) is 11.3. The van der Waals surface area contributed by atoms with Crippen LogP contribution in [0.25, 0.3) is 28.2 Å². The van der Waals surface area contributed by atoms with E-state index in [1.807, 2.05) is 12.1 Å². The number of ether oxygens (including phenoxy) is 1. The molecule has 6 heteroatoms. The van der Waals surface area contributed by atoms with Crippen molar-refractivity contribution in [1.82, 2.24) is 24.2 Å². The van der Waals surface area contributed by atoms with Gasteiger partial charge in [0.25, 0.3) is 0 Å². The van der Waals surface area contributed by atoms with E-state index in [2.05, 4.69) is 75.8 Å². The monoisotopic (exact) mass is 429 g/mol. The van der Waals surface area contributed by atoms with Crippen LogP contribution in [0.1, 0.15) is 17.8 Å². The van der Waals surface area contributed by atoms with Crippen molar-refractivity contribution in [3.05, 3.63) is 66.1 Å². The van der Waals surface area contributed by atoms with Crippen LogP contribution < -0.4 is 4.74 Å². The Bertz CT molecular complexity index is 1210. The van der Waals surface area contributed by atoms with Gasteiger partial charge in [0.1, 0.15) is 11.4 Å². The molecule has 1 aliphatic rings. The molecule has 0 bridgehead atoms. The van der Waals surface area contributed by atoms with Crippen molar-refractivity contribution in [3.63, 3.8) is 0 Å². The maximum absolute atomic E-state index is 5.36. The highest BCUT2D eigenvalue weighted by Crippen LogP contribution is 2.29. The number of likely N-dealkylation sites (N-methyl/N-ethyl adjacent to an activating group) is 1. The molecule has 0 amide bonds. The molecule has 4 heterocycles. The first-order chi connectivity index (χ1) is 15.6. The lowest BCUT2D eigenvalue weighted by Crippen LogP contribution is -2.29. The molecule has 32 heavy (non-hydrogen) atoms. The molecule has 166 valence electrons. The van der Waals surface area contributed by atoms with Crippen molar-refractivity contribution in [2.75, 3.05) is 40.3 Å². The van der Waals surface area contributed by atoms with Crippen LogP contribution in [-0.4, -0.2) is 64.5 Å². The van der Waals surface area contributed by atoms with Crippen LogP contribution in [0.5, 0.6) is 5.75 Å². The van der Waals surface area contributed by atoms with Gasteiger partial charge in [-0.25, -0.2) is 4.98 Å². The minimum absolute atomic E-state index is 0.860. The van der Waals surface area contributed by atoms with Gasteiger partial charge in [-0.3, -0.25) is 4.90 Å². The highest BCUT2D eigenvalue weighted by atomic mass is 16.5. The SMILES string of the molecule is COc1ccc(-c2nc3ccc(-c4ccc(C)[nH]4)cn3c2CN2CCCN(C)CC2)cc1. The summed E-state index contributed by atoms with van der Waals surface area (Å²) in [6.07, 6.45) is 3.41. The molecule has 6 nitrogen and oxygen atoms in total. The summed E-state index contributed by atoms with van der Waals surface area (Å²) < 4.78 is 7.64. The molecule has 0 radical (unpaired) electrons. The average molecular weight is 430 g/mol. The Hall–Kier alpha value is -3.09. The number of imidazole rings is 1. The second-order valence-electron chi connectivity index (χ2n) is 8.77. The zero-order valence-electron chi connectivity index (χ0n) is 19.1. The van der Waals surface area contributed by atoms with E-state index in [-0.39, 0.29) is 0 Å². The number of H-pyrrole nitrogens is 1. The molecule has 0 aliphatic carbocycles. The molecular formula is C26H31N5O. The van der Waals surface area contributed by atoms with Gasteiger partial charge in [-0.2, -0.15) is 0 Å². The maximum atomic E-state index is 5.36. The fourth-order valence-corrected chi connectivity index (χ4v) is 4.53. The summed E-state index contributed by atoms with van der Waals surface area (Å²) in [6, 6.07) is 16.8. The van der Waals surface area contributed by atoms with Crippen LogP contribution in [-0.2, 0) is 6.54 Å². The van der Waals surface area contributed by atoms with Crippen molar-refractivity contribution < 1.29 is 4.74 Å². The number of aromatic nitrogens is 3. The fourth-order valence-electron chi connectivity index (χ4n) is 4.53. The molecule has 0 saturated carbocycles. The molecule has 1 aliphatic heterocycles. The number of hydrogen-bond acceptors (Lipinski definition) is 4. The Morgan fingerprint density at radius 3 is 2.50 bits per heavy atom. The van der Waals surface area contributed by atoms with E-state index in [9.17, 15) is 0 Å². The van der Waals surface area contributed by atoms with Crippen LogP contribution in [0, 0.1) is 6.92 Å². The molecule has 5 rings (SSSR count). The molecular weight excluding hydrogens is 398 g/mol. The van der Waals surface area contributed by atoms with Gasteiger partial charge < -0.3 is 19.0 Å². The van der Waals surface area contributed by atoms with Crippen LogP contribution >= 0.6 is 0 Å². The van der Waals surface area contributed by atoms with E-state index < -0.39 is 0 Å². The van der Waals surface area contributed by atoms with Gasteiger partial charge in [-0.1, -0.05) is 0 Å². The summed E-state index contributed by atoms with van der Waals surface area (Å²) in [7, 11) is 3.91. The summed E-state index contributed by atoms with van der Waals surface area (Å²) in [5.41, 5.74) is 7.84. The van der Waals surface area contributed by atoms with Crippen LogP contribution in [0.3, 0.4) is 0 Å². The number of benzene rings is 1. The van der Waals surface area contributed by atoms with Gasteiger partial charge in [-0.15, -0.1) is 0 Å². The standard InChI is InChI=1S/C26H31N5O/c1-19-5-11-23(27-19)21-8-12-25-28-26(20-6-9-22(32-3)10-7-20)24(31(25)17-21)18-30-14-4-13-29(2)15-16-30/h5-12,17,27H,4,13-16,18H2,1-3H3. The Morgan fingerprint density at radius 1 is 0.938 bits per heavy atom. The fraction of sp³-hybridized carbons (Fsp3) is 0.346. The van der Waals surface area contributed by atoms with Gasteiger partial charge in [0.2, 0.25) is 0 Å². The summed E-state index contributed by atoms with van der Waals surface area (Å²) in [5, 5.41) is 0. The number of methoxy groups -OCH3 is 1. The van der Waals surface area contributed by atoms with E-state index in [0.29, 0.717) is 0 Å². The average Bonchev–Trinajstić information content (AvgIpc) is 3.33. The largest absolute Gasteiger partial charge is 0.497 e. The van der Waals surface area contributed by atoms with E-state index >= 15 is 0 Å². The summed E-state index contributed by atoms with van der Waals surface area (Å²) in [5.74, 6) is 0.860. The topological polar surface area (TPSA) is 48.8 Å². The second kappa shape index (κ2) is 8.81. The van der Waals surface area contributed by atoms with Crippen molar-refractivity contribution in [2.45, 2.75) is 19.9 Å². The molecule has 1 N–H and O–H groups in total. The molecule has 4 aromatic rings. The van der Waals surface area contributed by atoms with Gasteiger partial charge >= 0.3 is 0 Å². The van der Waals surface area contributed by atoms with Crippen molar-refractivity contribution in [3.8, 4) is 28.3 Å². The Balaban J connectivity index is 1.59. The smallest absolute Gasteiger partial charge is 0.137 e. The van der Waals surface area contributed by atoms with E-state index in [4.69, 9.17) is 9.72 Å². The van der Waals surface area contributed by atoms with E-state index in [1.54, 1.807) is 7.11 Å². The number of hydrogen-bond donors (Lipinski definition) is 1. The summed E-state index contributed by atoms with van der Waals surface area (Å²) >= 11 is 0. The Morgan fingerprint density at radius 2 is 1.75 bits per heavy atom. The zero-order valence-corrected chi connectivity index (χ0v) is 19.1. The molecule has 1 fully saturated rings. The Labute approximate surface area is 189 Å². The number of aryl methyl sites for hydroxylation is 1. The quantitative estimate of drug-likeness (QED) is 0.509. The lowest BCUT2D eigenvalue weighted by molar-refractivity contribution is 0.266. The Kier molecular flexibility index (Phi) is 5.72. The molecule has 0 atom stereocenters.